The van der Waals surface area contributed by atoms with E-state index in [-0.39, 0.29) is 11.6 Å². The van der Waals surface area contributed by atoms with Crippen LogP contribution in [0.5, 0.6) is 5.75 Å². The summed E-state index contributed by atoms with van der Waals surface area (Å²) < 4.78 is 6.67. The maximum Gasteiger partial charge on any atom is 0.271 e. The highest BCUT2D eigenvalue weighted by Crippen LogP contribution is 2.30. The lowest BCUT2D eigenvalue weighted by Crippen LogP contribution is -2.06. The molecular weight excluding hydrogens is 340 g/mol. The highest BCUT2D eigenvalue weighted by atomic mass is 16.6. The van der Waals surface area contributed by atoms with E-state index in [9.17, 15) is 14.9 Å². The van der Waals surface area contributed by atoms with E-state index in [1.165, 1.54) is 36.2 Å². The van der Waals surface area contributed by atoms with Gasteiger partial charge in [0, 0.05) is 30.1 Å². The molecule has 0 atom stereocenters. The van der Waals surface area contributed by atoms with E-state index < -0.39 is 4.92 Å². The second-order valence-electron chi connectivity index (χ2n) is 5.30. The number of aryl methyl sites for hydroxylation is 1. The Morgan fingerprint density at radius 3 is 2.81 bits per heavy atom. The molecule has 0 fully saturated rings. The van der Waals surface area contributed by atoms with E-state index in [1.54, 1.807) is 19.3 Å². The molecule has 10 heteroatoms. The predicted molar refractivity (Wildman–Crippen MR) is 92.2 cm³/mol. The molecule has 1 aromatic carbocycles. The van der Waals surface area contributed by atoms with Crippen LogP contribution in [-0.4, -0.2) is 38.1 Å². The molecule has 0 spiro atoms. The highest BCUT2D eigenvalue weighted by molar-refractivity contribution is 5.73. The molecule has 0 unspecified atom stereocenters. The van der Waals surface area contributed by atoms with Crippen molar-refractivity contribution in [3.8, 4) is 11.6 Å². The van der Waals surface area contributed by atoms with Crippen molar-refractivity contribution in [1.82, 2.24) is 19.7 Å². The van der Waals surface area contributed by atoms with E-state index in [2.05, 4.69) is 20.4 Å². The van der Waals surface area contributed by atoms with Crippen molar-refractivity contribution in [2.24, 2.45) is 0 Å². The van der Waals surface area contributed by atoms with Crippen LogP contribution >= 0.6 is 0 Å². The Morgan fingerprint density at radius 1 is 1.35 bits per heavy atom. The summed E-state index contributed by atoms with van der Waals surface area (Å²) in [6.45, 7) is 1.80. The number of nitro groups is 1. The van der Waals surface area contributed by atoms with Crippen LogP contribution in [0.4, 0.5) is 17.3 Å². The van der Waals surface area contributed by atoms with Crippen LogP contribution in [0, 0.1) is 17.0 Å². The summed E-state index contributed by atoms with van der Waals surface area (Å²) in [6, 6.07) is 4.16. The third-order valence-corrected chi connectivity index (χ3v) is 3.54. The number of ether oxygens (including phenoxy) is 1. The van der Waals surface area contributed by atoms with Crippen molar-refractivity contribution in [1.29, 1.82) is 0 Å². The molecule has 3 aromatic rings. The second kappa shape index (κ2) is 6.97. The topological polar surface area (TPSA) is 125 Å². The summed E-state index contributed by atoms with van der Waals surface area (Å²) in [6.07, 6.45) is 5.23. The van der Waals surface area contributed by atoms with Gasteiger partial charge in [0.15, 0.2) is 12.1 Å². The van der Waals surface area contributed by atoms with Gasteiger partial charge < -0.3 is 10.1 Å². The lowest BCUT2D eigenvalue weighted by molar-refractivity contribution is -0.384. The van der Waals surface area contributed by atoms with Gasteiger partial charge in [0.2, 0.25) is 5.95 Å². The van der Waals surface area contributed by atoms with Crippen LogP contribution in [0.25, 0.3) is 5.82 Å². The van der Waals surface area contributed by atoms with Gasteiger partial charge in [0.25, 0.3) is 5.69 Å². The number of hydrogen-bond acceptors (Lipinski definition) is 8. The Labute approximate surface area is 147 Å². The van der Waals surface area contributed by atoms with Crippen molar-refractivity contribution in [2.45, 2.75) is 6.92 Å². The minimum absolute atomic E-state index is 0.0941. The maximum atomic E-state index is 11.0. The van der Waals surface area contributed by atoms with Gasteiger partial charge in [-0.3, -0.25) is 14.9 Å². The predicted octanol–water partition coefficient (Wildman–Crippen LogP) is 2.44. The number of non-ortho nitro benzene ring substituents is 1. The number of benzene rings is 1. The Hall–Kier alpha value is -3.82. The van der Waals surface area contributed by atoms with Gasteiger partial charge in [0.05, 0.1) is 29.5 Å². The smallest absolute Gasteiger partial charge is 0.271 e. The number of nitrogens with zero attached hydrogens (tertiary/aromatic N) is 5. The van der Waals surface area contributed by atoms with Gasteiger partial charge in [-0.2, -0.15) is 10.1 Å². The maximum absolute atomic E-state index is 11.0. The zero-order chi connectivity index (χ0) is 18.7. The number of nitrogens with one attached hydrogen (secondary N) is 1. The highest BCUT2D eigenvalue weighted by Gasteiger charge is 2.14. The van der Waals surface area contributed by atoms with Gasteiger partial charge in [-0.25, -0.2) is 9.67 Å². The fraction of sp³-hybridized carbons (Fsp3) is 0.125. The molecule has 2 aromatic heterocycles. The Kier molecular flexibility index (Phi) is 4.56. The molecule has 132 valence electrons. The van der Waals surface area contributed by atoms with Crippen LogP contribution in [-0.2, 0) is 0 Å². The fourth-order valence-electron chi connectivity index (χ4n) is 2.27. The van der Waals surface area contributed by atoms with E-state index in [0.29, 0.717) is 29.1 Å². The number of hydrogen-bond donors (Lipinski definition) is 1. The average Bonchev–Trinajstić information content (AvgIpc) is 3.12. The number of carbonyl (C=O) groups excluding carboxylic acids is 1. The third kappa shape index (κ3) is 3.34. The summed E-state index contributed by atoms with van der Waals surface area (Å²) in [5, 5.41) is 18.0. The molecular formula is C16H14N6O4. The molecule has 0 aliphatic heterocycles. The van der Waals surface area contributed by atoms with E-state index in [4.69, 9.17) is 4.74 Å². The lowest BCUT2D eigenvalue weighted by atomic mass is 10.2. The Morgan fingerprint density at radius 2 is 2.15 bits per heavy atom. The molecule has 26 heavy (non-hydrogen) atoms. The van der Waals surface area contributed by atoms with Crippen LogP contribution in [0.2, 0.25) is 0 Å². The SMILES string of the molecule is COc1ccc([N+](=O)[O-])cc1Nc1ncc(C)c(-n2cc(C=O)cn2)n1. The van der Waals surface area contributed by atoms with Gasteiger partial charge in [-0.05, 0) is 13.0 Å². The van der Waals surface area contributed by atoms with Gasteiger partial charge in [0.1, 0.15) is 5.75 Å². The molecule has 0 aliphatic carbocycles. The van der Waals surface area contributed by atoms with Gasteiger partial charge in [-0.1, -0.05) is 0 Å². The summed E-state index contributed by atoms with van der Waals surface area (Å²) in [7, 11) is 1.46. The molecule has 0 saturated heterocycles. The fourth-order valence-corrected chi connectivity index (χ4v) is 2.27. The Bertz CT molecular complexity index is 985. The lowest BCUT2D eigenvalue weighted by Gasteiger charge is -2.11. The van der Waals surface area contributed by atoms with Gasteiger partial charge >= 0.3 is 0 Å². The molecule has 2 heterocycles. The Balaban J connectivity index is 1.98. The van der Waals surface area contributed by atoms with Crippen molar-refractivity contribution < 1.29 is 14.5 Å². The van der Waals surface area contributed by atoms with Crippen LogP contribution in [0.3, 0.4) is 0 Å². The minimum atomic E-state index is -0.503. The number of carbonyl (C=O) groups is 1. The molecule has 3 rings (SSSR count). The number of anilines is 2. The zero-order valence-electron chi connectivity index (χ0n) is 13.9. The van der Waals surface area contributed by atoms with E-state index >= 15 is 0 Å². The average molecular weight is 354 g/mol. The first-order chi connectivity index (χ1) is 12.5. The number of rotatable bonds is 6. The summed E-state index contributed by atoms with van der Waals surface area (Å²) in [5.41, 5.74) is 1.41. The first-order valence-corrected chi connectivity index (χ1v) is 7.45. The van der Waals surface area contributed by atoms with E-state index in [1.807, 2.05) is 0 Å². The van der Waals surface area contributed by atoms with Gasteiger partial charge in [-0.15, -0.1) is 0 Å². The third-order valence-electron chi connectivity index (χ3n) is 3.54. The van der Waals surface area contributed by atoms with Crippen molar-refractivity contribution in [3.05, 3.63) is 58.0 Å². The van der Waals surface area contributed by atoms with E-state index in [0.717, 1.165) is 5.56 Å². The van der Waals surface area contributed by atoms with Crippen molar-refractivity contribution >= 4 is 23.6 Å². The molecule has 0 radical (unpaired) electrons. The molecule has 0 amide bonds. The number of methoxy groups -OCH3 is 1. The molecule has 0 bridgehead atoms. The largest absolute Gasteiger partial charge is 0.495 e. The second-order valence-corrected chi connectivity index (χ2v) is 5.30. The van der Waals surface area contributed by atoms with Crippen LogP contribution < -0.4 is 10.1 Å². The van der Waals surface area contributed by atoms with Crippen molar-refractivity contribution in [3.63, 3.8) is 0 Å². The summed E-state index contributed by atoms with van der Waals surface area (Å²) >= 11 is 0. The van der Waals surface area contributed by atoms with Crippen LogP contribution in [0.1, 0.15) is 15.9 Å². The number of aromatic nitrogens is 4. The van der Waals surface area contributed by atoms with Crippen molar-refractivity contribution in [2.75, 3.05) is 12.4 Å². The van der Waals surface area contributed by atoms with Crippen LogP contribution in [0.15, 0.2) is 36.8 Å². The monoisotopic (exact) mass is 354 g/mol. The molecule has 1 N–H and O–H groups in total. The minimum Gasteiger partial charge on any atom is -0.495 e. The molecule has 0 aliphatic rings. The number of nitro benzene ring substituents is 1. The standard InChI is InChI=1S/C16H14N6O4/c1-10-6-17-16(20-15(10)21-8-11(9-23)7-18-21)19-13-5-12(22(24)25)3-4-14(13)26-2/h3-9H,1-2H3,(H,17,19,20). The first-order valence-electron chi connectivity index (χ1n) is 7.45. The summed E-state index contributed by atoms with van der Waals surface area (Å²) in [5.74, 6) is 1.08. The zero-order valence-corrected chi connectivity index (χ0v) is 13.9. The molecule has 0 saturated carbocycles. The molecule has 10 nitrogen and oxygen atoms in total. The quantitative estimate of drug-likeness (QED) is 0.406. The normalized spacial score (nSPS) is 10.4. The summed E-state index contributed by atoms with van der Waals surface area (Å²) in [4.78, 5) is 29.9. The number of aldehydes is 1. The first kappa shape index (κ1) is 17.0.